The molecule has 2 aromatic rings. The third-order valence-electron chi connectivity index (χ3n) is 5.33. The van der Waals surface area contributed by atoms with Gasteiger partial charge in [0.05, 0.1) is 25.1 Å². The first-order valence-corrected chi connectivity index (χ1v) is 11.2. The number of carbonyl (C=O) groups is 2. The summed E-state index contributed by atoms with van der Waals surface area (Å²) in [4.78, 5) is 42.0. The molecule has 3 rings (SSSR count). The lowest BCUT2D eigenvalue weighted by Gasteiger charge is -2.28. The van der Waals surface area contributed by atoms with E-state index in [-0.39, 0.29) is 18.2 Å². The first-order valence-electron chi connectivity index (χ1n) is 11.2. The van der Waals surface area contributed by atoms with E-state index in [1.807, 2.05) is 25.1 Å². The molecule has 0 radical (unpaired) electrons. The molecule has 0 saturated carbocycles. The Balaban J connectivity index is 1.49. The fourth-order valence-electron chi connectivity index (χ4n) is 3.49. The third-order valence-corrected chi connectivity index (χ3v) is 5.33. The van der Waals surface area contributed by atoms with E-state index in [1.165, 1.54) is 6.20 Å². The monoisotopic (exact) mass is 440 g/mol. The molecule has 32 heavy (non-hydrogen) atoms. The molecular weight excluding hydrogens is 408 g/mol. The normalized spacial score (nSPS) is 14.2. The van der Waals surface area contributed by atoms with Crippen molar-refractivity contribution in [3.8, 4) is 0 Å². The topological polar surface area (TPSA) is 101 Å². The number of amides is 2. The van der Waals surface area contributed by atoms with Gasteiger partial charge in [-0.15, -0.1) is 0 Å². The van der Waals surface area contributed by atoms with Gasteiger partial charge in [-0.1, -0.05) is 6.07 Å². The van der Waals surface area contributed by atoms with Crippen LogP contribution in [-0.2, 0) is 16.0 Å². The van der Waals surface area contributed by atoms with Crippen LogP contribution in [0.25, 0.3) is 0 Å². The third kappa shape index (κ3) is 7.97. The Morgan fingerprint density at radius 1 is 1.12 bits per heavy atom. The number of carbonyl (C=O) groups excluding carboxylic acids is 2. The first kappa shape index (κ1) is 23.7. The number of aromatic nitrogens is 3. The van der Waals surface area contributed by atoms with Crippen molar-refractivity contribution in [2.75, 3.05) is 52.5 Å². The molecular formula is C23H32N6O3. The Morgan fingerprint density at radius 3 is 2.69 bits per heavy atom. The molecule has 0 unspecified atom stereocenters. The van der Waals surface area contributed by atoms with Crippen molar-refractivity contribution in [1.29, 1.82) is 0 Å². The van der Waals surface area contributed by atoms with Crippen LogP contribution in [0.2, 0.25) is 0 Å². The zero-order chi connectivity index (χ0) is 22.6. The lowest BCUT2D eigenvalue weighted by molar-refractivity contribution is -0.121. The van der Waals surface area contributed by atoms with Crippen LogP contribution < -0.4 is 5.32 Å². The first-order chi connectivity index (χ1) is 15.6. The lowest BCUT2D eigenvalue weighted by Crippen LogP contribution is -2.40. The molecule has 1 fully saturated rings. The molecule has 2 aromatic heterocycles. The summed E-state index contributed by atoms with van der Waals surface area (Å²) in [6.45, 7) is 7.47. The highest BCUT2D eigenvalue weighted by Crippen LogP contribution is 2.06. The van der Waals surface area contributed by atoms with Crippen LogP contribution in [0.4, 0.5) is 0 Å². The molecule has 1 N–H and O–H groups in total. The number of morpholine rings is 1. The van der Waals surface area contributed by atoms with E-state index >= 15 is 0 Å². The number of hydrogen-bond donors (Lipinski definition) is 1. The Bertz CT molecular complexity index is 841. The number of aryl methyl sites for hydroxylation is 1. The van der Waals surface area contributed by atoms with Crippen molar-refractivity contribution in [1.82, 2.24) is 30.1 Å². The second-order valence-electron chi connectivity index (χ2n) is 7.81. The number of hydrogen-bond acceptors (Lipinski definition) is 7. The quantitative estimate of drug-likeness (QED) is 0.558. The smallest absolute Gasteiger partial charge is 0.274 e. The van der Waals surface area contributed by atoms with Gasteiger partial charge in [-0.2, -0.15) is 0 Å². The molecule has 9 heteroatoms. The molecule has 0 aliphatic carbocycles. The average molecular weight is 441 g/mol. The summed E-state index contributed by atoms with van der Waals surface area (Å²) >= 11 is 0. The predicted molar refractivity (Wildman–Crippen MR) is 120 cm³/mol. The van der Waals surface area contributed by atoms with Gasteiger partial charge >= 0.3 is 0 Å². The van der Waals surface area contributed by atoms with Crippen LogP contribution in [0.3, 0.4) is 0 Å². The number of pyridine rings is 1. The van der Waals surface area contributed by atoms with Gasteiger partial charge in [-0.3, -0.25) is 24.5 Å². The van der Waals surface area contributed by atoms with Gasteiger partial charge in [0.25, 0.3) is 5.91 Å². The predicted octanol–water partition coefficient (Wildman–Crippen LogP) is 1.09. The molecule has 9 nitrogen and oxygen atoms in total. The van der Waals surface area contributed by atoms with Crippen molar-refractivity contribution < 1.29 is 14.3 Å². The fourth-order valence-corrected chi connectivity index (χ4v) is 3.49. The Kier molecular flexibility index (Phi) is 9.52. The van der Waals surface area contributed by atoms with Crippen LogP contribution in [0.15, 0.2) is 36.8 Å². The molecule has 2 amide bonds. The SMILES string of the molecule is Cc1cnc(C(=O)N(CCCN2CCOCC2)CCC(=O)NCCc2ccccn2)cn1. The number of rotatable bonds is 11. The highest BCUT2D eigenvalue weighted by molar-refractivity contribution is 5.92. The molecule has 0 spiro atoms. The van der Waals surface area contributed by atoms with Gasteiger partial charge in [-0.05, 0) is 25.5 Å². The van der Waals surface area contributed by atoms with Crippen LogP contribution in [0.1, 0.15) is 34.7 Å². The Hall–Kier alpha value is -2.91. The number of ether oxygens (including phenoxy) is 1. The molecule has 1 aliphatic rings. The maximum absolute atomic E-state index is 13.0. The second-order valence-corrected chi connectivity index (χ2v) is 7.81. The van der Waals surface area contributed by atoms with Gasteiger partial charge in [0.1, 0.15) is 5.69 Å². The van der Waals surface area contributed by atoms with Gasteiger partial charge in [0.2, 0.25) is 5.91 Å². The minimum Gasteiger partial charge on any atom is -0.379 e. The minimum atomic E-state index is -0.194. The second kappa shape index (κ2) is 12.8. The van der Waals surface area contributed by atoms with Gasteiger partial charge in [-0.25, -0.2) is 4.98 Å². The summed E-state index contributed by atoms with van der Waals surface area (Å²) in [5, 5.41) is 2.91. The Morgan fingerprint density at radius 2 is 1.97 bits per heavy atom. The van der Waals surface area contributed by atoms with Crippen molar-refractivity contribution >= 4 is 11.8 Å². The van der Waals surface area contributed by atoms with Crippen molar-refractivity contribution in [3.63, 3.8) is 0 Å². The molecule has 1 saturated heterocycles. The van der Waals surface area contributed by atoms with E-state index < -0.39 is 0 Å². The van der Waals surface area contributed by atoms with Crippen LogP contribution in [0, 0.1) is 6.92 Å². The zero-order valence-corrected chi connectivity index (χ0v) is 18.7. The summed E-state index contributed by atoms with van der Waals surface area (Å²) in [7, 11) is 0. The van der Waals surface area contributed by atoms with Crippen molar-refractivity contribution in [2.24, 2.45) is 0 Å². The average Bonchev–Trinajstić information content (AvgIpc) is 2.82. The summed E-state index contributed by atoms with van der Waals surface area (Å²) < 4.78 is 5.39. The maximum atomic E-state index is 13.0. The van der Waals surface area contributed by atoms with Crippen LogP contribution >= 0.6 is 0 Å². The standard InChI is InChI=1S/C23H32N6O3/c1-19-17-27-21(18-26-19)23(31)29(11-4-10-28-13-15-32-16-14-28)12-7-22(30)25-9-6-20-5-2-3-8-24-20/h2-3,5,8,17-18H,4,6-7,9-16H2,1H3,(H,25,30). The van der Waals surface area contributed by atoms with Gasteiger partial charge < -0.3 is 15.0 Å². The van der Waals surface area contributed by atoms with E-state index in [4.69, 9.17) is 4.74 Å². The van der Waals surface area contributed by atoms with Gasteiger partial charge in [0, 0.05) is 70.2 Å². The highest BCUT2D eigenvalue weighted by Gasteiger charge is 2.19. The maximum Gasteiger partial charge on any atom is 0.274 e. The molecule has 3 heterocycles. The van der Waals surface area contributed by atoms with Gasteiger partial charge in [0.15, 0.2) is 0 Å². The van der Waals surface area contributed by atoms with E-state index in [9.17, 15) is 9.59 Å². The summed E-state index contributed by atoms with van der Waals surface area (Å²) in [5.74, 6) is -0.275. The summed E-state index contributed by atoms with van der Waals surface area (Å²) in [5.41, 5.74) is 2.00. The van der Waals surface area contributed by atoms with E-state index in [0.717, 1.165) is 50.7 Å². The summed E-state index contributed by atoms with van der Waals surface area (Å²) in [6.07, 6.45) is 6.57. The van der Waals surface area contributed by atoms with E-state index in [0.29, 0.717) is 31.7 Å². The van der Waals surface area contributed by atoms with Crippen LogP contribution in [-0.4, -0.2) is 89.0 Å². The molecule has 0 bridgehead atoms. The van der Waals surface area contributed by atoms with E-state index in [1.54, 1.807) is 17.3 Å². The van der Waals surface area contributed by atoms with Crippen molar-refractivity contribution in [3.05, 3.63) is 53.9 Å². The summed E-state index contributed by atoms with van der Waals surface area (Å²) in [6, 6.07) is 5.73. The fraction of sp³-hybridized carbons (Fsp3) is 0.522. The lowest BCUT2D eigenvalue weighted by atomic mass is 10.2. The Labute approximate surface area is 189 Å². The van der Waals surface area contributed by atoms with Crippen molar-refractivity contribution in [2.45, 2.75) is 26.2 Å². The zero-order valence-electron chi connectivity index (χ0n) is 18.7. The number of nitrogens with one attached hydrogen (secondary N) is 1. The largest absolute Gasteiger partial charge is 0.379 e. The molecule has 0 aromatic carbocycles. The van der Waals surface area contributed by atoms with Crippen LogP contribution in [0.5, 0.6) is 0 Å². The molecule has 1 aliphatic heterocycles. The molecule has 172 valence electrons. The van der Waals surface area contributed by atoms with E-state index in [2.05, 4.69) is 25.2 Å². The number of nitrogens with zero attached hydrogens (tertiary/aromatic N) is 5. The minimum absolute atomic E-state index is 0.0816. The highest BCUT2D eigenvalue weighted by atomic mass is 16.5. The molecule has 0 atom stereocenters.